The second-order valence-electron chi connectivity index (χ2n) is 6.35. The summed E-state index contributed by atoms with van der Waals surface area (Å²) in [6.07, 6.45) is 2.78. The molecule has 2 aromatic rings. The van der Waals surface area contributed by atoms with E-state index < -0.39 is 0 Å². The van der Waals surface area contributed by atoms with Crippen molar-refractivity contribution in [1.82, 2.24) is 0 Å². The summed E-state index contributed by atoms with van der Waals surface area (Å²) in [5, 5.41) is 10.2. The van der Waals surface area contributed by atoms with Crippen LogP contribution in [0.25, 0.3) is 0 Å². The summed E-state index contributed by atoms with van der Waals surface area (Å²) in [7, 11) is 4.28. The van der Waals surface area contributed by atoms with E-state index in [0.29, 0.717) is 24.5 Å². The van der Waals surface area contributed by atoms with Crippen molar-refractivity contribution in [2.75, 3.05) is 27.2 Å². The Balaban J connectivity index is 2.13. The third-order valence-electron chi connectivity index (χ3n) is 4.34. The van der Waals surface area contributed by atoms with E-state index in [1.54, 1.807) is 12.3 Å². The summed E-state index contributed by atoms with van der Waals surface area (Å²) in [4.78, 5) is 5.91. The van der Waals surface area contributed by atoms with Crippen molar-refractivity contribution in [3.8, 4) is 11.5 Å². The van der Waals surface area contributed by atoms with E-state index in [-0.39, 0.29) is 11.8 Å². The van der Waals surface area contributed by atoms with Crippen LogP contribution in [0.5, 0.6) is 11.5 Å². The number of hydrogen-bond acceptors (Lipinski definition) is 3. The third-order valence-corrected chi connectivity index (χ3v) is 4.34. The smallest absolute Gasteiger partial charge is 0.166 e. The minimum Gasteiger partial charge on any atom is -0.504 e. The lowest BCUT2D eigenvalue weighted by Crippen LogP contribution is -3.06. The van der Waals surface area contributed by atoms with Gasteiger partial charge in [0.2, 0.25) is 0 Å². The molecule has 134 valence electrons. The first-order valence-corrected chi connectivity index (χ1v) is 8.90. The molecular weight excluding hydrogens is 312 g/mol. The second kappa shape index (κ2) is 9.23. The monoisotopic (exact) mass is 341 g/mol. The van der Waals surface area contributed by atoms with Crippen LogP contribution in [0.3, 0.4) is 0 Å². The molecule has 0 spiro atoms. The highest BCUT2D eigenvalue weighted by Crippen LogP contribution is 2.28. The maximum Gasteiger partial charge on any atom is 0.166 e. The van der Waals surface area contributed by atoms with E-state index in [0.717, 1.165) is 6.42 Å². The van der Waals surface area contributed by atoms with Crippen LogP contribution in [0.1, 0.15) is 36.6 Å². The Morgan fingerprint density at radius 1 is 1.12 bits per heavy atom. The van der Waals surface area contributed by atoms with Crippen molar-refractivity contribution >= 4 is 6.21 Å². The van der Waals surface area contributed by atoms with Crippen molar-refractivity contribution in [2.24, 2.45) is 4.99 Å². The molecule has 1 atom stereocenters. The molecule has 2 aromatic carbocycles. The van der Waals surface area contributed by atoms with Gasteiger partial charge in [0.25, 0.3) is 0 Å². The van der Waals surface area contributed by atoms with Gasteiger partial charge in [0, 0.05) is 17.3 Å². The summed E-state index contributed by atoms with van der Waals surface area (Å²) in [5.41, 5.74) is 3.30. The molecule has 4 heteroatoms. The summed E-state index contributed by atoms with van der Waals surface area (Å²) in [5.74, 6) is 0.644. The lowest BCUT2D eigenvalue weighted by atomic mass is 10.0. The minimum absolute atomic E-state index is 0.147. The van der Waals surface area contributed by atoms with Crippen LogP contribution in [0.4, 0.5) is 0 Å². The number of quaternary nitrogens is 1. The number of nitrogens with zero attached hydrogens (tertiary/aromatic N) is 1. The molecule has 0 unspecified atom stereocenters. The van der Waals surface area contributed by atoms with Gasteiger partial charge in [-0.15, -0.1) is 0 Å². The first-order valence-electron chi connectivity index (χ1n) is 8.90. The highest BCUT2D eigenvalue weighted by Gasteiger charge is 2.17. The highest BCUT2D eigenvalue weighted by atomic mass is 16.5. The van der Waals surface area contributed by atoms with Gasteiger partial charge in [-0.1, -0.05) is 37.3 Å². The van der Waals surface area contributed by atoms with Crippen molar-refractivity contribution in [3.63, 3.8) is 0 Å². The fraction of sp³-hybridized carbons (Fsp3) is 0.381. The van der Waals surface area contributed by atoms with Crippen LogP contribution in [-0.2, 0) is 6.42 Å². The molecule has 2 N–H and O–H groups in total. The van der Waals surface area contributed by atoms with E-state index in [1.165, 1.54) is 16.0 Å². The highest BCUT2D eigenvalue weighted by molar-refractivity contribution is 5.84. The Morgan fingerprint density at radius 3 is 2.44 bits per heavy atom. The molecule has 0 aliphatic heterocycles. The van der Waals surface area contributed by atoms with Crippen LogP contribution in [0.15, 0.2) is 47.5 Å². The standard InChI is InChI=1S/C21H28N2O2/c1-5-16-10-12-17(13-11-16)19(23(3)4)15-22-14-18-8-7-9-20(21(18)24)25-6-2/h7-14,19,24H,5-6,15H2,1-4H3/p+1/t19-/m1/s1. The van der Waals surface area contributed by atoms with E-state index in [2.05, 4.69) is 50.3 Å². The molecule has 0 saturated carbocycles. The van der Waals surface area contributed by atoms with E-state index in [4.69, 9.17) is 4.74 Å². The van der Waals surface area contributed by atoms with E-state index in [1.807, 2.05) is 19.1 Å². The number of hydrogen-bond donors (Lipinski definition) is 2. The number of rotatable bonds is 8. The molecule has 0 heterocycles. The number of aromatic hydroxyl groups is 1. The van der Waals surface area contributed by atoms with Crippen LogP contribution >= 0.6 is 0 Å². The Hall–Kier alpha value is -2.33. The van der Waals surface area contributed by atoms with Crippen LogP contribution in [0.2, 0.25) is 0 Å². The first kappa shape index (κ1) is 19.0. The van der Waals surface area contributed by atoms with Crippen LogP contribution < -0.4 is 9.64 Å². The average molecular weight is 341 g/mol. The lowest BCUT2D eigenvalue weighted by molar-refractivity contribution is -0.890. The molecule has 0 radical (unpaired) electrons. The molecule has 0 fully saturated rings. The Morgan fingerprint density at radius 2 is 1.84 bits per heavy atom. The van der Waals surface area contributed by atoms with Gasteiger partial charge in [-0.05, 0) is 31.0 Å². The number of ether oxygens (including phenoxy) is 1. The topological polar surface area (TPSA) is 46.3 Å². The number of benzene rings is 2. The molecule has 0 aliphatic rings. The Bertz CT molecular complexity index is 694. The van der Waals surface area contributed by atoms with Gasteiger partial charge >= 0.3 is 0 Å². The molecule has 0 amide bonds. The van der Waals surface area contributed by atoms with E-state index >= 15 is 0 Å². The number of aliphatic imine (C=N–C) groups is 1. The van der Waals surface area contributed by atoms with Crippen LogP contribution in [-0.4, -0.2) is 38.6 Å². The number of nitrogens with one attached hydrogen (secondary N) is 1. The number of phenols is 1. The van der Waals surface area contributed by atoms with Gasteiger partial charge in [0.15, 0.2) is 11.5 Å². The zero-order valence-corrected chi connectivity index (χ0v) is 15.6. The van der Waals surface area contributed by atoms with Gasteiger partial charge in [-0.25, -0.2) is 0 Å². The lowest BCUT2D eigenvalue weighted by Gasteiger charge is -2.20. The number of aryl methyl sites for hydroxylation is 1. The third kappa shape index (κ3) is 5.07. The SMILES string of the molecule is CCOc1cccc(C=NC[C@H](c2ccc(CC)cc2)[NH+](C)C)c1O. The predicted octanol–water partition coefficient (Wildman–Crippen LogP) is 2.66. The van der Waals surface area contributed by atoms with Gasteiger partial charge < -0.3 is 14.7 Å². The van der Waals surface area contributed by atoms with E-state index in [9.17, 15) is 5.11 Å². The largest absolute Gasteiger partial charge is 0.504 e. The summed E-state index contributed by atoms with van der Waals surface area (Å²) in [6, 6.07) is 14.5. The fourth-order valence-electron chi connectivity index (χ4n) is 2.78. The summed E-state index contributed by atoms with van der Waals surface area (Å²) in [6.45, 7) is 5.24. The second-order valence-corrected chi connectivity index (χ2v) is 6.35. The molecular formula is C21H29N2O2+. The predicted molar refractivity (Wildman–Crippen MR) is 103 cm³/mol. The molecule has 0 saturated heterocycles. The quantitative estimate of drug-likeness (QED) is 0.725. The number of likely N-dealkylation sites (N-methyl/N-ethyl adjacent to an activating group) is 1. The molecule has 4 nitrogen and oxygen atoms in total. The summed E-state index contributed by atoms with van der Waals surface area (Å²) >= 11 is 0. The van der Waals surface area contributed by atoms with Crippen LogP contribution in [0, 0.1) is 0 Å². The minimum atomic E-state index is 0.147. The van der Waals surface area contributed by atoms with Crippen molar-refractivity contribution < 1.29 is 14.7 Å². The Labute approximate surface area is 150 Å². The zero-order chi connectivity index (χ0) is 18.2. The van der Waals surface area contributed by atoms with Crippen molar-refractivity contribution in [3.05, 3.63) is 59.2 Å². The van der Waals surface area contributed by atoms with Gasteiger partial charge in [0.1, 0.15) is 6.04 Å². The zero-order valence-electron chi connectivity index (χ0n) is 15.6. The van der Waals surface area contributed by atoms with Gasteiger partial charge in [0.05, 0.1) is 27.2 Å². The molecule has 25 heavy (non-hydrogen) atoms. The number of phenolic OH excluding ortho intramolecular Hbond substituents is 1. The normalized spacial score (nSPS) is 12.7. The first-order chi connectivity index (χ1) is 12.1. The van der Waals surface area contributed by atoms with Gasteiger partial charge in [-0.3, -0.25) is 4.99 Å². The molecule has 2 rings (SSSR count). The number of para-hydroxylation sites is 1. The summed E-state index contributed by atoms with van der Waals surface area (Å²) < 4.78 is 5.42. The molecule has 0 aliphatic carbocycles. The van der Waals surface area contributed by atoms with Gasteiger partial charge in [-0.2, -0.15) is 0 Å². The fourth-order valence-corrected chi connectivity index (χ4v) is 2.78. The molecule has 0 bridgehead atoms. The average Bonchev–Trinajstić information content (AvgIpc) is 2.61. The van der Waals surface area contributed by atoms with Crippen molar-refractivity contribution in [2.45, 2.75) is 26.3 Å². The maximum absolute atomic E-state index is 10.2. The Kier molecular flexibility index (Phi) is 7.02. The maximum atomic E-state index is 10.2. The molecule has 0 aromatic heterocycles. The van der Waals surface area contributed by atoms with Crippen molar-refractivity contribution in [1.29, 1.82) is 0 Å².